The molecule has 3 aliphatic rings. The van der Waals surface area contributed by atoms with Crippen LogP contribution < -0.4 is 10.2 Å². The minimum absolute atomic E-state index is 0.0956. The molecule has 0 spiro atoms. The number of nitrogens with zero attached hydrogens (tertiary/aromatic N) is 5. The summed E-state index contributed by atoms with van der Waals surface area (Å²) >= 11 is 0. The predicted molar refractivity (Wildman–Crippen MR) is 149 cm³/mol. The molecule has 6 rings (SSSR count). The second kappa shape index (κ2) is 10.3. The van der Waals surface area contributed by atoms with Crippen molar-refractivity contribution >= 4 is 21.4 Å². The number of aromatic nitrogens is 3. The van der Waals surface area contributed by atoms with E-state index in [1.54, 1.807) is 12.4 Å². The Hall–Kier alpha value is -3.78. The zero-order valence-electron chi connectivity index (χ0n) is 22.5. The van der Waals surface area contributed by atoms with Gasteiger partial charge in [-0.1, -0.05) is 25.0 Å². The highest BCUT2D eigenvalue weighted by atomic mass is 32.2. The number of aryl methyl sites for hydroxylation is 1. The summed E-state index contributed by atoms with van der Waals surface area (Å²) in [5.74, 6) is 1.42. The van der Waals surface area contributed by atoms with E-state index >= 15 is 0 Å². The minimum atomic E-state index is -2.97. The molecule has 2 aliphatic carbocycles. The third-order valence-electron chi connectivity index (χ3n) is 8.30. The van der Waals surface area contributed by atoms with Crippen molar-refractivity contribution in [1.82, 2.24) is 20.3 Å². The first-order valence-corrected chi connectivity index (χ1v) is 15.7. The molecule has 1 amide bonds. The highest BCUT2D eigenvalue weighted by molar-refractivity contribution is 7.91. The Morgan fingerprint density at radius 2 is 1.75 bits per heavy atom. The van der Waals surface area contributed by atoms with Gasteiger partial charge in [-0.25, -0.2) is 23.4 Å². The zero-order chi connectivity index (χ0) is 27.9. The molecule has 40 heavy (non-hydrogen) atoms. The van der Waals surface area contributed by atoms with Crippen LogP contribution >= 0.6 is 0 Å². The van der Waals surface area contributed by atoms with Crippen molar-refractivity contribution < 1.29 is 17.6 Å². The maximum atomic E-state index is 13.4. The Morgan fingerprint density at radius 1 is 1.07 bits per heavy atom. The van der Waals surface area contributed by atoms with E-state index in [9.17, 15) is 18.5 Å². The normalized spacial score (nSPS) is 23.2. The quantitative estimate of drug-likeness (QED) is 0.476. The fourth-order valence-electron chi connectivity index (χ4n) is 5.69. The third-order valence-corrected chi connectivity index (χ3v) is 9.91. The second-order valence-corrected chi connectivity index (χ2v) is 13.4. The molecule has 2 saturated carbocycles. The van der Waals surface area contributed by atoms with Crippen LogP contribution in [0.4, 0.5) is 5.69 Å². The number of hydrogen-bond acceptors (Lipinski definition) is 9. The highest BCUT2D eigenvalue weighted by Gasteiger charge is 2.47. The molecule has 0 radical (unpaired) electrons. The van der Waals surface area contributed by atoms with E-state index in [4.69, 9.17) is 9.40 Å². The summed E-state index contributed by atoms with van der Waals surface area (Å²) in [7, 11) is -2.97. The van der Waals surface area contributed by atoms with E-state index in [0.717, 1.165) is 36.9 Å². The molecule has 1 saturated heterocycles. The summed E-state index contributed by atoms with van der Waals surface area (Å²) in [4.78, 5) is 29.0. The standard InChI is InChI=1S/C29H32N6O4S/c1-19-31-16-21(17-32-19)28-33-25(20-6-8-22(9-7-20)35-12-14-40(37,38)15-13-35)26(39-28)23-4-2-3-5-24(23)27(36)34-29(18-30)10-11-29/h6-9,16-17,23-24H,2-5,10-15H2,1H3,(H,34,36)/t23-,24-/m1/s1. The molecular weight excluding hydrogens is 528 g/mol. The van der Waals surface area contributed by atoms with Crippen molar-refractivity contribution in [2.75, 3.05) is 29.5 Å². The van der Waals surface area contributed by atoms with Gasteiger partial charge in [-0.15, -0.1) is 0 Å². The molecule has 11 heteroatoms. The molecule has 0 bridgehead atoms. The highest BCUT2D eigenvalue weighted by Crippen LogP contribution is 2.45. The monoisotopic (exact) mass is 560 g/mol. The van der Waals surface area contributed by atoms with Gasteiger partial charge in [0.15, 0.2) is 9.84 Å². The second-order valence-electron chi connectivity index (χ2n) is 11.1. The number of carbonyl (C=O) groups is 1. The Morgan fingerprint density at radius 3 is 2.40 bits per heavy atom. The maximum absolute atomic E-state index is 13.4. The van der Waals surface area contributed by atoms with E-state index in [1.165, 1.54) is 0 Å². The lowest BCUT2D eigenvalue weighted by Crippen LogP contribution is -2.42. The number of anilines is 1. The van der Waals surface area contributed by atoms with Gasteiger partial charge in [-0.3, -0.25) is 4.79 Å². The number of oxazole rings is 1. The van der Waals surface area contributed by atoms with E-state index < -0.39 is 15.4 Å². The fraction of sp³-hybridized carbons (Fsp3) is 0.483. The topological polar surface area (TPSA) is 142 Å². The fourth-order valence-corrected chi connectivity index (χ4v) is 6.90. The lowest BCUT2D eigenvalue weighted by Gasteiger charge is -2.30. The van der Waals surface area contributed by atoms with Crippen LogP contribution in [0.3, 0.4) is 0 Å². The smallest absolute Gasteiger partial charge is 0.230 e. The van der Waals surface area contributed by atoms with Gasteiger partial charge in [0.25, 0.3) is 0 Å². The Kier molecular flexibility index (Phi) is 6.82. The Balaban J connectivity index is 1.35. The summed E-state index contributed by atoms with van der Waals surface area (Å²) in [6, 6.07) is 10.2. The summed E-state index contributed by atoms with van der Waals surface area (Å²) in [5, 5.41) is 12.5. The van der Waals surface area contributed by atoms with Crippen molar-refractivity contribution in [3.05, 3.63) is 48.2 Å². The SMILES string of the molecule is Cc1ncc(-c2nc(-c3ccc(N4CCS(=O)(=O)CC4)cc3)c([C@@H]3CCCC[C@H]3C(=O)NC3(C#N)CC3)o2)cn1. The molecular formula is C29H32N6O4S. The molecule has 3 aromatic rings. The van der Waals surface area contributed by atoms with Crippen molar-refractivity contribution in [2.24, 2.45) is 5.92 Å². The van der Waals surface area contributed by atoms with Gasteiger partial charge in [-0.2, -0.15) is 5.26 Å². The zero-order valence-corrected chi connectivity index (χ0v) is 23.3. The van der Waals surface area contributed by atoms with Crippen LogP contribution in [0.1, 0.15) is 56.0 Å². The Bertz CT molecular complexity index is 1540. The van der Waals surface area contributed by atoms with E-state index in [2.05, 4.69) is 26.3 Å². The first-order valence-electron chi connectivity index (χ1n) is 13.8. The van der Waals surface area contributed by atoms with E-state index in [1.807, 2.05) is 31.2 Å². The molecule has 1 aliphatic heterocycles. The van der Waals surface area contributed by atoms with Crippen LogP contribution in [0.5, 0.6) is 0 Å². The van der Waals surface area contributed by atoms with Crippen LogP contribution in [0.25, 0.3) is 22.7 Å². The summed E-state index contributed by atoms with van der Waals surface area (Å²) < 4.78 is 30.2. The van der Waals surface area contributed by atoms with Gasteiger partial charge in [0.05, 0.1) is 23.1 Å². The van der Waals surface area contributed by atoms with Gasteiger partial charge < -0.3 is 14.6 Å². The third kappa shape index (κ3) is 5.32. The molecule has 3 heterocycles. The van der Waals surface area contributed by atoms with E-state index in [0.29, 0.717) is 54.7 Å². The lowest BCUT2D eigenvalue weighted by atomic mass is 9.76. The lowest BCUT2D eigenvalue weighted by molar-refractivity contribution is -0.127. The van der Waals surface area contributed by atoms with Crippen LogP contribution in [0.2, 0.25) is 0 Å². The van der Waals surface area contributed by atoms with E-state index in [-0.39, 0.29) is 29.2 Å². The number of amides is 1. The predicted octanol–water partition coefficient (Wildman–Crippen LogP) is 3.79. The number of hydrogen-bond donors (Lipinski definition) is 1. The van der Waals surface area contributed by atoms with Crippen LogP contribution in [-0.4, -0.2) is 59.4 Å². The van der Waals surface area contributed by atoms with Gasteiger partial charge in [-0.05, 0) is 44.7 Å². The van der Waals surface area contributed by atoms with Crippen LogP contribution in [-0.2, 0) is 14.6 Å². The summed E-state index contributed by atoms with van der Waals surface area (Å²) in [5.41, 5.74) is 2.41. The maximum Gasteiger partial charge on any atom is 0.230 e. The minimum Gasteiger partial charge on any atom is -0.440 e. The molecule has 208 valence electrons. The van der Waals surface area contributed by atoms with Crippen molar-refractivity contribution in [2.45, 2.75) is 56.9 Å². The molecule has 1 aromatic carbocycles. The number of nitrogens with one attached hydrogen (secondary N) is 1. The van der Waals surface area contributed by atoms with Gasteiger partial charge >= 0.3 is 0 Å². The molecule has 10 nitrogen and oxygen atoms in total. The van der Waals surface area contributed by atoms with Crippen molar-refractivity contribution in [3.8, 4) is 28.8 Å². The number of carbonyl (C=O) groups excluding carboxylic acids is 1. The first kappa shape index (κ1) is 26.4. The first-order chi connectivity index (χ1) is 19.3. The van der Waals surface area contributed by atoms with Gasteiger partial charge in [0, 0.05) is 48.6 Å². The average molecular weight is 561 g/mol. The number of nitriles is 1. The summed E-state index contributed by atoms with van der Waals surface area (Å²) in [6.07, 6.45) is 8.16. The average Bonchev–Trinajstić information content (AvgIpc) is 3.60. The van der Waals surface area contributed by atoms with Crippen molar-refractivity contribution in [3.63, 3.8) is 0 Å². The molecule has 2 atom stereocenters. The molecule has 2 aromatic heterocycles. The molecule has 1 N–H and O–H groups in total. The number of benzene rings is 1. The summed E-state index contributed by atoms with van der Waals surface area (Å²) in [6.45, 7) is 2.75. The molecule has 3 fully saturated rings. The van der Waals surface area contributed by atoms with Crippen LogP contribution in [0.15, 0.2) is 41.1 Å². The largest absolute Gasteiger partial charge is 0.440 e. The van der Waals surface area contributed by atoms with Crippen LogP contribution in [0, 0.1) is 24.2 Å². The van der Waals surface area contributed by atoms with Gasteiger partial charge in [0.1, 0.15) is 22.8 Å². The van der Waals surface area contributed by atoms with Gasteiger partial charge in [0.2, 0.25) is 11.8 Å². The Labute approximate surface area is 233 Å². The number of rotatable bonds is 6. The van der Waals surface area contributed by atoms with Crippen molar-refractivity contribution in [1.29, 1.82) is 5.26 Å². The molecule has 0 unspecified atom stereocenters. The number of sulfone groups is 1.